The molecular formula is C15H24N4S. The van der Waals surface area contributed by atoms with Gasteiger partial charge in [-0.2, -0.15) is 11.8 Å². The molecule has 1 unspecified atom stereocenters. The van der Waals surface area contributed by atoms with E-state index in [1.54, 1.807) is 0 Å². The summed E-state index contributed by atoms with van der Waals surface area (Å²) in [7, 11) is 0. The molecule has 2 heterocycles. The lowest BCUT2D eigenvalue weighted by atomic mass is 10.2. The second kappa shape index (κ2) is 8.15. The van der Waals surface area contributed by atoms with Gasteiger partial charge in [-0.05, 0) is 44.1 Å². The molecule has 2 rings (SSSR count). The van der Waals surface area contributed by atoms with Crippen molar-refractivity contribution in [1.82, 2.24) is 15.6 Å². The van der Waals surface area contributed by atoms with E-state index in [9.17, 15) is 0 Å². The summed E-state index contributed by atoms with van der Waals surface area (Å²) in [5.74, 6) is 2.19. The molecule has 20 heavy (non-hydrogen) atoms. The van der Waals surface area contributed by atoms with Crippen LogP contribution in [0.2, 0.25) is 0 Å². The van der Waals surface area contributed by atoms with Crippen LogP contribution in [-0.2, 0) is 6.54 Å². The van der Waals surface area contributed by atoms with Gasteiger partial charge in [-0.1, -0.05) is 6.07 Å². The van der Waals surface area contributed by atoms with E-state index < -0.39 is 0 Å². The number of hydrogen-bond donors (Lipinski definition) is 2. The molecule has 1 aliphatic heterocycles. The average molecular weight is 292 g/mol. The van der Waals surface area contributed by atoms with Crippen LogP contribution < -0.4 is 10.6 Å². The second-order valence-electron chi connectivity index (χ2n) is 4.98. The van der Waals surface area contributed by atoms with E-state index in [0.29, 0.717) is 6.54 Å². The van der Waals surface area contributed by atoms with E-state index in [4.69, 9.17) is 0 Å². The number of rotatable bonds is 5. The Morgan fingerprint density at radius 3 is 3.10 bits per heavy atom. The third-order valence-corrected chi connectivity index (χ3v) is 4.77. The molecule has 5 heteroatoms. The van der Waals surface area contributed by atoms with Gasteiger partial charge >= 0.3 is 0 Å². The SMILES string of the molecule is CCNC(=NCc1ncccc1C)NCC1CCCS1. The van der Waals surface area contributed by atoms with Crippen molar-refractivity contribution in [2.24, 2.45) is 4.99 Å². The molecule has 0 saturated carbocycles. The highest BCUT2D eigenvalue weighted by molar-refractivity contribution is 8.00. The molecule has 110 valence electrons. The summed E-state index contributed by atoms with van der Waals surface area (Å²) in [6, 6.07) is 4.04. The fourth-order valence-electron chi connectivity index (χ4n) is 2.20. The lowest BCUT2D eigenvalue weighted by Gasteiger charge is -2.14. The van der Waals surface area contributed by atoms with Crippen molar-refractivity contribution >= 4 is 17.7 Å². The number of aliphatic imine (C=N–C) groups is 1. The topological polar surface area (TPSA) is 49.3 Å². The van der Waals surface area contributed by atoms with Gasteiger partial charge in [0.05, 0.1) is 12.2 Å². The second-order valence-corrected chi connectivity index (χ2v) is 6.39. The first-order chi connectivity index (χ1) is 9.79. The summed E-state index contributed by atoms with van der Waals surface area (Å²) in [4.78, 5) is 9.01. The molecule has 0 radical (unpaired) electrons. The molecule has 1 aromatic heterocycles. The molecule has 1 aromatic rings. The predicted molar refractivity (Wildman–Crippen MR) is 87.3 cm³/mol. The molecule has 0 aromatic carbocycles. The van der Waals surface area contributed by atoms with Crippen LogP contribution in [0.25, 0.3) is 0 Å². The van der Waals surface area contributed by atoms with E-state index in [1.807, 2.05) is 12.3 Å². The number of nitrogens with zero attached hydrogens (tertiary/aromatic N) is 2. The van der Waals surface area contributed by atoms with Gasteiger partial charge < -0.3 is 10.6 Å². The van der Waals surface area contributed by atoms with Crippen LogP contribution in [0.15, 0.2) is 23.3 Å². The first-order valence-electron chi connectivity index (χ1n) is 7.34. The van der Waals surface area contributed by atoms with Crippen molar-refractivity contribution < 1.29 is 0 Å². The largest absolute Gasteiger partial charge is 0.357 e. The fourth-order valence-corrected chi connectivity index (χ4v) is 3.40. The van der Waals surface area contributed by atoms with E-state index in [1.165, 1.54) is 24.2 Å². The number of pyridine rings is 1. The van der Waals surface area contributed by atoms with Crippen LogP contribution in [0, 0.1) is 6.92 Å². The van der Waals surface area contributed by atoms with Gasteiger partial charge in [-0.15, -0.1) is 0 Å². The van der Waals surface area contributed by atoms with E-state index >= 15 is 0 Å². The average Bonchev–Trinajstić information content (AvgIpc) is 2.97. The Labute approximate surface area is 125 Å². The molecular weight excluding hydrogens is 268 g/mol. The molecule has 1 aliphatic rings. The van der Waals surface area contributed by atoms with Crippen molar-refractivity contribution in [2.75, 3.05) is 18.8 Å². The van der Waals surface area contributed by atoms with Crippen molar-refractivity contribution in [2.45, 2.75) is 38.5 Å². The number of nitrogens with one attached hydrogen (secondary N) is 2. The minimum atomic E-state index is 0.625. The molecule has 4 nitrogen and oxygen atoms in total. The van der Waals surface area contributed by atoms with Crippen LogP contribution in [-0.4, -0.2) is 35.0 Å². The summed E-state index contributed by atoms with van der Waals surface area (Å²) in [5, 5.41) is 7.47. The number of hydrogen-bond acceptors (Lipinski definition) is 3. The van der Waals surface area contributed by atoms with Gasteiger partial charge in [0.2, 0.25) is 0 Å². The maximum atomic E-state index is 4.63. The summed E-state index contributed by atoms with van der Waals surface area (Å²) < 4.78 is 0. The predicted octanol–water partition coefficient (Wildman–Crippen LogP) is 2.34. The third kappa shape index (κ3) is 4.71. The van der Waals surface area contributed by atoms with Crippen LogP contribution in [0.3, 0.4) is 0 Å². The monoisotopic (exact) mass is 292 g/mol. The van der Waals surface area contributed by atoms with Gasteiger partial charge in [0.15, 0.2) is 5.96 Å². The Bertz CT molecular complexity index is 441. The zero-order chi connectivity index (χ0) is 14.2. The first-order valence-corrected chi connectivity index (χ1v) is 8.38. The molecule has 0 spiro atoms. The Morgan fingerprint density at radius 1 is 1.50 bits per heavy atom. The Balaban J connectivity index is 1.89. The van der Waals surface area contributed by atoms with Gasteiger partial charge in [0.25, 0.3) is 0 Å². The maximum Gasteiger partial charge on any atom is 0.191 e. The third-order valence-electron chi connectivity index (χ3n) is 3.37. The fraction of sp³-hybridized carbons (Fsp3) is 0.600. The first kappa shape index (κ1) is 15.2. The molecule has 2 N–H and O–H groups in total. The summed E-state index contributed by atoms with van der Waals surface area (Å²) >= 11 is 2.06. The molecule has 1 atom stereocenters. The standard InChI is InChI=1S/C15H24N4S/c1-3-16-15(18-10-13-7-5-9-20-13)19-11-14-12(2)6-4-8-17-14/h4,6,8,13H,3,5,7,9-11H2,1-2H3,(H2,16,18,19). The summed E-state index contributed by atoms with van der Waals surface area (Å²) in [6.07, 6.45) is 4.49. The smallest absolute Gasteiger partial charge is 0.191 e. The minimum absolute atomic E-state index is 0.625. The highest BCUT2D eigenvalue weighted by Crippen LogP contribution is 2.25. The molecule has 0 aliphatic carbocycles. The van der Waals surface area contributed by atoms with Crippen molar-refractivity contribution in [3.63, 3.8) is 0 Å². The quantitative estimate of drug-likeness (QED) is 0.646. The highest BCUT2D eigenvalue weighted by Gasteiger charge is 2.15. The minimum Gasteiger partial charge on any atom is -0.357 e. The van der Waals surface area contributed by atoms with Crippen LogP contribution >= 0.6 is 11.8 Å². The summed E-state index contributed by atoms with van der Waals surface area (Å²) in [5.41, 5.74) is 2.23. The van der Waals surface area contributed by atoms with Crippen LogP contribution in [0.5, 0.6) is 0 Å². The van der Waals surface area contributed by atoms with Crippen molar-refractivity contribution in [1.29, 1.82) is 0 Å². The zero-order valence-electron chi connectivity index (χ0n) is 12.4. The number of aromatic nitrogens is 1. The number of guanidine groups is 1. The van der Waals surface area contributed by atoms with Crippen molar-refractivity contribution in [3.8, 4) is 0 Å². The normalized spacial score (nSPS) is 19.1. The molecule has 1 saturated heterocycles. The molecule has 1 fully saturated rings. The molecule has 0 bridgehead atoms. The lowest BCUT2D eigenvalue weighted by molar-refractivity contribution is 0.726. The summed E-state index contributed by atoms with van der Waals surface area (Å²) in [6.45, 7) is 6.67. The Morgan fingerprint density at radius 2 is 2.40 bits per heavy atom. The van der Waals surface area contributed by atoms with E-state index in [0.717, 1.165) is 30.0 Å². The van der Waals surface area contributed by atoms with Gasteiger partial charge in [0.1, 0.15) is 0 Å². The van der Waals surface area contributed by atoms with Crippen molar-refractivity contribution in [3.05, 3.63) is 29.6 Å². The Kier molecular flexibility index (Phi) is 6.18. The van der Waals surface area contributed by atoms with E-state index in [2.05, 4.69) is 52.3 Å². The zero-order valence-corrected chi connectivity index (χ0v) is 13.2. The van der Waals surface area contributed by atoms with Gasteiger partial charge in [-0.3, -0.25) is 4.98 Å². The maximum absolute atomic E-state index is 4.63. The van der Waals surface area contributed by atoms with Gasteiger partial charge in [-0.25, -0.2) is 4.99 Å². The lowest BCUT2D eigenvalue weighted by Crippen LogP contribution is -2.40. The molecule has 0 amide bonds. The number of thioether (sulfide) groups is 1. The van der Waals surface area contributed by atoms with Crippen LogP contribution in [0.1, 0.15) is 31.0 Å². The van der Waals surface area contributed by atoms with Gasteiger partial charge in [0, 0.05) is 24.5 Å². The Hall–Kier alpha value is -1.23. The van der Waals surface area contributed by atoms with E-state index in [-0.39, 0.29) is 0 Å². The highest BCUT2D eigenvalue weighted by atomic mass is 32.2. The number of aryl methyl sites for hydroxylation is 1. The van der Waals surface area contributed by atoms with Crippen LogP contribution in [0.4, 0.5) is 0 Å².